The van der Waals surface area contributed by atoms with Crippen LogP contribution in [0.4, 0.5) is 5.69 Å². The van der Waals surface area contributed by atoms with E-state index in [4.69, 9.17) is 4.74 Å². The lowest BCUT2D eigenvalue weighted by Gasteiger charge is -2.06. The van der Waals surface area contributed by atoms with Gasteiger partial charge in [0.2, 0.25) is 5.82 Å². The lowest BCUT2D eigenvalue weighted by Crippen LogP contribution is -2.15. The summed E-state index contributed by atoms with van der Waals surface area (Å²) in [6, 6.07) is 12.9. The van der Waals surface area contributed by atoms with Crippen molar-refractivity contribution in [2.24, 2.45) is 0 Å². The minimum atomic E-state index is -0.340. The largest absolute Gasteiger partial charge is 0.497 e. The molecule has 1 aromatic heterocycles. The average Bonchev–Trinajstić information content (AvgIpc) is 2.55. The fourth-order valence-corrected chi connectivity index (χ4v) is 2.12. The van der Waals surface area contributed by atoms with Crippen LogP contribution in [0.5, 0.6) is 5.75 Å². The number of rotatable bonds is 3. The maximum Gasteiger partial charge on any atom is 0.293 e. The summed E-state index contributed by atoms with van der Waals surface area (Å²) < 4.78 is 5.08. The number of halogens is 2. The number of hydrogen-bond donors (Lipinski definition) is 1. The number of benzene rings is 2. The summed E-state index contributed by atoms with van der Waals surface area (Å²) in [4.78, 5) is 20.6. The molecule has 0 aliphatic heterocycles. The number of ether oxygens (including phenoxy) is 1. The van der Waals surface area contributed by atoms with Crippen molar-refractivity contribution in [2.75, 3.05) is 12.4 Å². The Morgan fingerprint density at radius 1 is 1.08 bits per heavy atom. The van der Waals surface area contributed by atoms with Gasteiger partial charge in [-0.3, -0.25) is 4.79 Å². The third-order valence-corrected chi connectivity index (χ3v) is 3.29. The molecule has 0 aliphatic carbocycles. The zero-order valence-corrected chi connectivity index (χ0v) is 14.8. The molecule has 1 amide bonds. The van der Waals surface area contributed by atoms with E-state index in [1.54, 1.807) is 37.6 Å². The number of carbonyl (C=O) groups excluding carboxylic acids is 1. The predicted molar refractivity (Wildman–Crippen MR) is 99.7 cm³/mol. The normalized spacial score (nSPS) is 9.58. The number of methoxy groups -OCH3 is 1. The highest BCUT2D eigenvalue weighted by atomic mass is 35.5. The van der Waals surface area contributed by atoms with Crippen LogP contribution in [0.1, 0.15) is 16.2 Å². The molecule has 0 saturated carbocycles. The van der Waals surface area contributed by atoms with Gasteiger partial charge >= 0.3 is 0 Å². The molecule has 0 saturated heterocycles. The summed E-state index contributed by atoms with van der Waals surface area (Å²) in [6.45, 7) is 2.00. The zero-order valence-electron chi connectivity index (χ0n) is 13.1. The molecule has 0 aliphatic rings. The van der Waals surface area contributed by atoms with Crippen molar-refractivity contribution in [3.05, 3.63) is 60.0 Å². The molecule has 2 aromatic carbocycles. The van der Waals surface area contributed by atoms with Crippen LogP contribution in [-0.4, -0.2) is 23.0 Å². The maximum absolute atomic E-state index is 12.2. The van der Waals surface area contributed by atoms with Crippen LogP contribution in [0.2, 0.25) is 0 Å². The SMILES string of the molecule is COc1ccc(NC(=O)c2ncc3cc(C)ccc3n2)cc1.Cl.Cl. The van der Waals surface area contributed by atoms with Gasteiger partial charge in [0.1, 0.15) is 5.75 Å². The molecule has 3 rings (SSSR count). The van der Waals surface area contributed by atoms with E-state index in [1.807, 2.05) is 25.1 Å². The molecule has 5 nitrogen and oxygen atoms in total. The molecule has 0 radical (unpaired) electrons. The van der Waals surface area contributed by atoms with E-state index in [1.165, 1.54) is 0 Å². The molecule has 0 unspecified atom stereocenters. The van der Waals surface area contributed by atoms with Crippen molar-refractivity contribution in [3.63, 3.8) is 0 Å². The number of hydrogen-bond acceptors (Lipinski definition) is 4. The number of nitrogens with zero attached hydrogens (tertiary/aromatic N) is 2. The first-order valence-corrected chi connectivity index (χ1v) is 6.84. The molecule has 126 valence electrons. The predicted octanol–water partition coefficient (Wildman–Crippen LogP) is 4.04. The van der Waals surface area contributed by atoms with Crippen LogP contribution in [-0.2, 0) is 0 Å². The van der Waals surface area contributed by atoms with Gasteiger partial charge in [-0.05, 0) is 43.3 Å². The van der Waals surface area contributed by atoms with E-state index in [0.717, 1.165) is 22.2 Å². The molecule has 1 heterocycles. The Balaban J connectivity index is 0.00000144. The monoisotopic (exact) mass is 365 g/mol. The smallest absolute Gasteiger partial charge is 0.293 e. The first kappa shape index (κ1) is 19.7. The van der Waals surface area contributed by atoms with E-state index >= 15 is 0 Å². The Kier molecular flexibility index (Phi) is 6.95. The molecule has 7 heteroatoms. The number of anilines is 1. The lowest BCUT2D eigenvalue weighted by atomic mass is 10.2. The molecule has 0 bridgehead atoms. The van der Waals surface area contributed by atoms with Gasteiger partial charge in [-0.25, -0.2) is 9.97 Å². The highest BCUT2D eigenvalue weighted by molar-refractivity contribution is 6.02. The van der Waals surface area contributed by atoms with Crippen molar-refractivity contribution >= 4 is 47.3 Å². The number of aryl methyl sites for hydroxylation is 1. The van der Waals surface area contributed by atoms with Crippen LogP contribution in [0.15, 0.2) is 48.7 Å². The second kappa shape index (κ2) is 8.47. The molecular formula is C17H17Cl2N3O2. The van der Waals surface area contributed by atoms with Gasteiger partial charge in [0.25, 0.3) is 5.91 Å². The van der Waals surface area contributed by atoms with E-state index < -0.39 is 0 Å². The summed E-state index contributed by atoms with van der Waals surface area (Å²) in [6.07, 6.45) is 1.66. The maximum atomic E-state index is 12.2. The highest BCUT2D eigenvalue weighted by Crippen LogP contribution is 2.16. The van der Waals surface area contributed by atoms with Gasteiger partial charge in [-0.2, -0.15) is 0 Å². The molecule has 0 atom stereocenters. The zero-order chi connectivity index (χ0) is 15.5. The summed E-state index contributed by atoms with van der Waals surface area (Å²) in [5.74, 6) is 0.537. The van der Waals surface area contributed by atoms with Gasteiger partial charge in [0.05, 0.1) is 12.6 Å². The molecule has 0 spiro atoms. The van der Waals surface area contributed by atoms with E-state index in [9.17, 15) is 4.79 Å². The van der Waals surface area contributed by atoms with Gasteiger partial charge < -0.3 is 10.1 Å². The summed E-state index contributed by atoms with van der Waals surface area (Å²) in [7, 11) is 1.60. The quantitative estimate of drug-likeness (QED) is 0.760. The van der Waals surface area contributed by atoms with Gasteiger partial charge in [-0.1, -0.05) is 11.6 Å². The minimum absolute atomic E-state index is 0. The van der Waals surface area contributed by atoms with E-state index in [2.05, 4.69) is 15.3 Å². The minimum Gasteiger partial charge on any atom is -0.497 e. The number of nitrogens with one attached hydrogen (secondary N) is 1. The van der Waals surface area contributed by atoms with Crippen molar-refractivity contribution < 1.29 is 9.53 Å². The topological polar surface area (TPSA) is 64.1 Å². The molecule has 1 N–H and O–H groups in total. The fraction of sp³-hybridized carbons (Fsp3) is 0.118. The number of amides is 1. The van der Waals surface area contributed by atoms with Crippen LogP contribution < -0.4 is 10.1 Å². The van der Waals surface area contributed by atoms with E-state index in [-0.39, 0.29) is 36.5 Å². The Labute approximate surface area is 152 Å². The van der Waals surface area contributed by atoms with Crippen LogP contribution in [0.3, 0.4) is 0 Å². The fourth-order valence-electron chi connectivity index (χ4n) is 2.12. The van der Waals surface area contributed by atoms with Gasteiger partial charge in [0.15, 0.2) is 0 Å². The third kappa shape index (κ3) is 4.34. The molecule has 3 aromatic rings. The van der Waals surface area contributed by atoms with Crippen molar-refractivity contribution in [1.82, 2.24) is 9.97 Å². The Bertz CT molecular complexity index is 839. The van der Waals surface area contributed by atoms with Crippen LogP contribution in [0.25, 0.3) is 10.9 Å². The molecule has 24 heavy (non-hydrogen) atoms. The third-order valence-electron chi connectivity index (χ3n) is 3.29. The highest BCUT2D eigenvalue weighted by Gasteiger charge is 2.10. The van der Waals surface area contributed by atoms with E-state index in [0.29, 0.717) is 5.69 Å². The Hall–Kier alpha value is -2.37. The van der Waals surface area contributed by atoms with Crippen molar-refractivity contribution in [3.8, 4) is 5.75 Å². The number of fused-ring (bicyclic) bond motifs is 1. The van der Waals surface area contributed by atoms with Gasteiger partial charge in [0, 0.05) is 17.3 Å². The molecule has 0 fully saturated rings. The second-order valence-electron chi connectivity index (χ2n) is 4.94. The standard InChI is InChI=1S/C17H15N3O2.2ClH/c1-11-3-8-15-12(9-11)10-18-16(20-15)17(21)19-13-4-6-14(22-2)7-5-13;;/h3-10H,1-2H3,(H,19,21);2*1H. The van der Waals surface area contributed by atoms with Crippen LogP contribution in [0, 0.1) is 6.92 Å². The first-order valence-electron chi connectivity index (χ1n) is 6.84. The van der Waals surface area contributed by atoms with Crippen molar-refractivity contribution in [2.45, 2.75) is 6.92 Å². The summed E-state index contributed by atoms with van der Waals surface area (Å²) in [5, 5.41) is 3.68. The number of aromatic nitrogens is 2. The Morgan fingerprint density at radius 2 is 1.79 bits per heavy atom. The Morgan fingerprint density at radius 3 is 2.46 bits per heavy atom. The average molecular weight is 366 g/mol. The lowest BCUT2D eigenvalue weighted by molar-refractivity contribution is 0.101. The van der Waals surface area contributed by atoms with Crippen molar-refractivity contribution in [1.29, 1.82) is 0 Å². The van der Waals surface area contributed by atoms with Crippen LogP contribution >= 0.6 is 24.8 Å². The molecular weight excluding hydrogens is 349 g/mol. The number of carbonyl (C=O) groups is 1. The summed E-state index contributed by atoms with van der Waals surface area (Å²) in [5.41, 5.74) is 2.55. The first-order chi connectivity index (χ1) is 10.7. The van der Waals surface area contributed by atoms with Gasteiger partial charge in [-0.15, -0.1) is 24.8 Å². The summed E-state index contributed by atoms with van der Waals surface area (Å²) >= 11 is 0. The second-order valence-corrected chi connectivity index (χ2v) is 4.94.